The van der Waals surface area contributed by atoms with E-state index in [-0.39, 0.29) is 0 Å². The lowest BCUT2D eigenvalue weighted by atomic mass is 10.2. The quantitative estimate of drug-likeness (QED) is 0.663. The van der Waals surface area contributed by atoms with Crippen LogP contribution in [0.3, 0.4) is 0 Å². The van der Waals surface area contributed by atoms with E-state index in [2.05, 4.69) is 46.3 Å². The van der Waals surface area contributed by atoms with Gasteiger partial charge in [0.05, 0.1) is 0 Å². The number of alkyl halides is 1. The van der Waals surface area contributed by atoms with Gasteiger partial charge >= 0.3 is 0 Å². The first-order valence-electron chi connectivity index (χ1n) is 4.88. The second-order valence-corrected chi connectivity index (χ2v) is 5.61. The second kappa shape index (κ2) is 5.67. The van der Waals surface area contributed by atoms with Crippen LogP contribution in [0.2, 0.25) is 0 Å². The Hall–Kier alpha value is -0.570. The molecule has 2 aromatic rings. The molecule has 0 nitrogen and oxygen atoms in total. The van der Waals surface area contributed by atoms with E-state index in [1.807, 2.05) is 18.2 Å². The normalized spacial score (nSPS) is 11.1. The zero-order chi connectivity index (χ0) is 11.4. The Morgan fingerprint density at radius 3 is 2.88 bits per heavy atom. The molecule has 0 radical (unpaired) electrons. The van der Waals surface area contributed by atoms with Crippen molar-refractivity contribution in [2.24, 2.45) is 0 Å². The standard InChI is InChI=1S/C13H10BrClS/c14-11-4-1-3-10(9-11)13-7-6-12(16-13)5-2-8-15/h1-7,9H,8H2. The molecule has 0 atom stereocenters. The summed E-state index contributed by atoms with van der Waals surface area (Å²) in [6.45, 7) is 0. The SMILES string of the molecule is ClCC=Cc1ccc(-c2cccc(Br)c2)s1. The largest absolute Gasteiger partial charge is 0.136 e. The highest BCUT2D eigenvalue weighted by Crippen LogP contribution is 2.30. The first kappa shape index (κ1) is 11.9. The molecule has 2 rings (SSSR count). The highest BCUT2D eigenvalue weighted by molar-refractivity contribution is 9.10. The fraction of sp³-hybridized carbons (Fsp3) is 0.0769. The van der Waals surface area contributed by atoms with Crippen LogP contribution in [-0.2, 0) is 0 Å². The molecule has 1 heterocycles. The Morgan fingerprint density at radius 2 is 2.12 bits per heavy atom. The Bertz CT molecular complexity index is 502. The summed E-state index contributed by atoms with van der Waals surface area (Å²) >= 11 is 10.9. The van der Waals surface area contributed by atoms with Crippen molar-refractivity contribution in [3.05, 3.63) is 51.8 Å². The number of thiophene rings is 1. The Labute approximate surface area is 113 Å². The average molecular weight is 314 g/mol. The molecule has 0 aliphatic rings. The van der Waals surface area contributed by atoms with Crippen LogP contribution >= 0.6 is 38.9 Å². The van der Waals surface area contributed by atoms with Crippen molar-refractivity contribution in [3.63, 3.8) is 0 Å². The summed E-state index contributed by atoms with van der Waals surface area (Å²) in [5, 5.41) is 0. The molecule has 82 valence electrons. The molecule has 0 bridgehead atoms. The highest BCUT2D eigenvalue weighted by Gasteiger charge is 2.01. The van der Waals surface area contributed by atoms with E-state index < -0.39 is 0 Å². The Balaban J connectivity index is 2.28. The van der Waals surface area contributed by atoms with Crippen LogP contribution in [-0.4, -0.2) is 5.88 Å². The third kappa shape index (κ3) is 2.97. The van der Waals surface area contributed by atoms with Gasteiger partial charge in [0, 0.05) is 20.1 Å². The predicted octanol–water partition coefficient (Wildman–Crippen LogP) is 5.43. The number of benzene rings is 1. The fourth-order valence-electron chi connectivity index (χ4n) is 1.40. The van der Waals surface area contributed by atoms with Gasteiger partial charge in [0.15, 0.2) is 0 Å². The maximum Gasteiger partial charge on any atom is 0.0407 e. The van der Waals surface area contributed by atoms with Gasteiger partial charge in [-0.1, -0.05) is 34.1 Å². The summed E-state index contributed by atoms with van der Waals surface area (Å²) in [5.74, 6) is 0.560. The topological polar surface area (TPSA) is 0 Å². The predicted molar refractivity (Wildman–Crippen MR) is 77.2 cm³/mol. The first-order valence-corrected chi connectivity index (χ1v) is 7.02. The molecule has 0 spiro atoms. The summed E-state index contributed by atoms with van der Waals surface area (Å²) in [5.41, 5.74) is 1.24. The van der Waals surface area contributed by atoms with Crippen molar-refractivity contribution in [2.45, 2.75) is 0 Å². The van der Waals surface area contributed by atoms with E-state index in [1.54, 1.807) is 11.3 Å². The van der Waals surface area contributed by atoms with E-state index in [0.717, 1.165) is 4.47 Å². The van der Waals surface area contributed by atoms with Gasteiger partial charge in [0.25, 0.3) is 0 Å². The molecular formula is C13H10BrClS. The van der Waals surface area contributed by atoms with Crippen LogP contribution in [0.25, 0.3) is 16.5 Å². The Kier molecular flexibility index (Phi) is 4.22. The summed E-state index contributed by atoms with van der Waals surface area (Å²) in [4.78, 5) is 2.51. The van der Waals surface area contributed by atoms with Crippen LogP contribution in [0.15, 0.2) is 46.9 Å². The van der Waals surface area contributed by atoms with Gasteiger partial charge in [-0.25, -0.2) is 0 Å². The minimum absolute atomic E-state index is 0.560. The summed E-state index contributed by atoms with van der Waals surface area (Å²) in [7, 11) is 0. The molecule has 0 amide bonds. The van der Waals surface area contributed by atoms with E-state index in [4.69, 9.17) is 11.6 Å². The molecule has 0 aliphatic carbocycles. The van der Waals surface area contributed by atoms with Gasteiger partial charge in [-0.2, -0.15) is 0 Å². The van der Waals surface area contributed by atoms with Gasteiger partial charge in [-0.3, -0.25) is 0 Å². The van der Waals surface area contributed by atoms with E-state index in [9.17, 15) is 0 Å². The van der Waals surface area contributed by atoms with Gasteiger partial charge < -0.3 is 0 Å². The summed E-state index contributed by atoms with van der Waals surface area (Å²) in [6, 6.07) is 12.6. The van der Waals surface area contributed by atoms with E-state index in [1.165, 1.54) is 15.3 Å². The van der Waals surface area contributed by atoms with Crippen LogP contribution in [0.1, 0.15) is 4.88 Å². The third-order valence-corrected chi connectivity index (χ3v) is 3.88. The van der Waals surface area contributed by atoms with E-state index in [0.29, 0.717) is 5.88 Å². The van der Waals surface area contributed by atoms with Gasteiger partial charge in [0.1, 0.15) is 0 Å². The molecule has 0 saturated heterocycles. The molecule has 1 aromatic heterocycles. The van der Waals surface area contributed by atoms with Gasteiger partial charge in [-0.15, -0.1) is 22.9 Å². The minimum atomic E-state index is 0.560. The fourth-order valence-corrected chi connectivity index (χ4v) is 2.82. The van der Waals surface area contributed by atoms with Crippen LogP contribution in [0.5, 0.6) is 0 Å². The van der Waals surface area contributed by atoms with Crippen molar-refractivity contribution in [2.75, 3.05) is 5.88 Å². The molecule has 16 heavy (non-hydrogen) atoms. The van der Waals surface area contributed by atoms with Crippen LogP contribution in [0, 0.1) is 0 Å². The van der Waals surface area contributed by atoms with Gasteiger partial charge in [-0.05, 0) is 35.9 Å². The van der Waals surface area contributed by atoms with Crippen molar-refractivity contribution in [3.8, 4) is 10.4 Å². The number of allylic oxidation sites excluding steroid dienone is 1. The number of hydrogen-bond acceptors (Lipinski definition) is 1. The van der Waals surface area contributed by atoms with Gasteiger partial charge in [0.2, 0.25) is 0 Å². The van der Waals surface area contributed by atoms with Crippen molar-refractivity contribution < 1.29 is 0 Å². The Morgan fingerprint density at radius 1 is 1.25 bits per heavy atom. The molecule has 0 N–H and O–H groups in total. The number of hydrogen-bond donors (Lipinski definition) is 0. The molecular weight excluding hydrogens is 304 g/mol. The molecule has 0 fully saturated rings. The second-order valence-electron chi connectivity index (χ2n) is 3.27. The first-order chi connectivity index (χ1) is 7.79. The molecule has 1 aromatic carbocycles. The number of halogens is 2. The van der Waals surface area contributed by atoms with E-state index >= 15 is 0 Å². The monoisotopic (exact) mass is 312 g/mol. The highest BCUT2D eigenvalue weighted by atomic mass is 79.9. The lowest BCUT2D eigenvalue weighted by molar-refractivity contribution is 1.65. The molecule has 0 aliphatic heterocycles. The lowest BCUT2D eigenvalue weighted by Gasteiger charge is -1.97. The number of rotatable bonds is 3. The average Bonchev–Trinajstić information content (AvgIpc) is 2.75. The van der Waals surface area contributed by atoms with Crippen molar-refractivity contribution in [1.29, 1.82) is 0 Å². The van der Waals surface area contributed by atoms with Crippen molar-refractivity contribution >= 4 is 44.9 Å². The van der Waals surface area contributed by atoms with Crippen LogP contribution < -0.4 is 0 Å². The minimum Gasteiger partial charge on any atom is -0.136 e. The maximum atomic E-state index is 5.61. The lowest BCUT2D eigenvalue weighted by Crippen LogP contribution is -1.70. The smallest absolute Gasteiger partial charge is 0.0407 e. The summed E-state index contributed by atoms with van der Waals surface area (Å²) in [6.07, 6.45) is 4.01. The zero-order valence-corrected chi connectivity index (χ0v) is 11.6. The summed E-state index contributed by atoms with van der Waals surface area (Å²) < 4.78 is 1.11. The van der Waals surface area contributed by atoms with Crippen molar-refractivity contribution in [1.82, 2.24) is 0 Å². The molecule has 0 saturated carbocycles. The van der Waals surface area contributed by atoms with Crippen LogP contribution in [0.4, 0.5) is 0 Å². The zero-order valence-electron chi connectivity index (χ0n) is 8.49. The molecule has 3 heteroatoms. The third-order valence-electron chi connectivity index (χ3n) is 2.11. The maximum absolute atomic E-state index is 5.61. The molecule has 0 unspecified atom stereocenters.